The highest BCUT2D eigenvalue weighted by molar-refractivity contribution is 5.80. The number of alkyl halides is 4. The third-order valence-corrected chi connectivity index (χ3v) is 4.77. The predicted molar refractivity (Wildman–Crippen MR) is 147 cm³/mol. The summed E-state index contributed by atoms with van der Waals surface area (Å²) in [4.78, 5) is 32.2. The summed E-state index contributed by atoms with van der Waals surface area (Å²) >= 11 is 0. The molecule has 0 saturated heterocycles. The van der Waals surface area contributed by atoms with Crippen LogP contribution in [0, 0.1) is 29.1 Å². The average molecular weight is 596 g/mol. The summed E-state index contributed by atoms with van der Waals surface area (Å²) in [5.41, 5.74) is -3.41. The average Bonchev–Trinajstić information content (AvgIpc) is 2.91. The van der Waals surface area contributed by atoms with Gasteiger partial charge in [0.25, 0.3) is 0 Å². The van der Waals surface area contributed by atoms with E-state index in [1.807, 2.05) is 45.9 Å². The molecule has 0 heterocycles. The van der Waals surface area contributed by atoms with Gasteiger partial charge in [-0.25, -0.2) is 27.2 Å². The van der Waals surface area contributed by atoms with E-state index >= 15 is 0 Å². The van der Waals surface area contributed by atoms with E-state index in [2.05, 4.69) is 0 Å². The van der Waals surface area contributed by atoms with Gasteiger partial charge in [-0.1, -0.05) is 71.9 Å². The zero-order chi connectivity index (χ0) is 32.6. The van der Waals surface area contributed by atoms with Crippen LogP contribution in [0.5, 0.6) is 0 Å². The van der Waals surface area contributed by atoms with Gasteiger partial charge in [-0.05, 0) is 36.2 Å². The van der Waals surface area contributed by atoms with Gasteiger partial charge in [0.05, 0.1) is 6.07 Å². The van der Waals surface area contributed by atoms with E-state index in [9.17, 15) is 37.1 Å². The highest BCUT2D eigenvalue weighted by Gasteiger charge is 2.38. The number of carboxylic acid groups (broad SMARTS) is 1. The number of aliphatic hydroxyl groups is 2. The Hall–Kier alpha value is -3.04. The van der Waals surface area contributed by atoms with Gasteiger partial charge >= 0.3 is 11.9 Å². The van der Waals surface area contributed by atoms with Crippen LogP contribution in [-0.4, -0.2) is 70.9 Å². The number of nitriles is 1. The fourth-order valence-corrected chi connectivity index (χ4v) is 3.11. The van der Waals surface area contributed by atoms with Crippen LogP contribution in [0.1, 0.15) is 66.4 Å². The van der Waals surface area contributed by atoms with Crippen molar-refractivity contribution in [3.63, 3.8) is 0 Å². The first kappa shape index (κ1) is 42.4. The van der Waals surface area contributed by atoms with Crippen LogP contribution < -0.4 is 0 Å². The lowest BCUT2D eigenvalue weighted by atomic mass is 9.94. The van der Waals surface area contributed by atoms with Gasteiger partial charge in [0.15, 0.2) is 23.7 Å². The summed E-state index contributed by atoms with van der Waals surface area (Å²) in [6.07, 6.45) is 0.368. The zero-order valence-corrected chi connectivity index (χ0v) is 24.7. The third kappa shape index (κ3) is 22.3. The molecule has 0 saturated carbocycles. The highest BCUT2D eigenvalue weighted by Crippen LogP contribution is 2.20. The Kier molecular flexibility index (Phi) is 24.5. The Morgan fingerprint density at radius 1 is 0.854 bits per heavy atom. The lowest BCUT2D eigenvalue weighted by molar-refractivity contribution is -0.170. The molecule has 12 heteroatoms. The molecule has 1 rings (SSSR count). The number of ether oxygens (including phenoxy) is 1. The number of carbonyl (C=O) groups is 3. The van der Waals surface area contributed by atoms with E-state index in [1.165, 1.54) is 6.07 Å². The molecule has 0 aliphatic heterocycles. The molecule has 0 amide bonds. The molecule has 0 fully saturated rings. The van der Waals surface area contributed by atoms with Gasteiger partial charge in [-0.3, -0.25) is 4.79 Å². The standard InChI is InChI=1S/C14H19FO3.C7H13FO3.C6H11FO.C2H2FN/c1-11(2)8-14(17,10-15)13(16)18-9-12-6-4-3-5-7-12;1-5(2)3-7(11,4-8)6(9)10;1-5(2)3-6(8)4-7;3-1-2-4/h3-7,11,17H,8-10H2,1-2H3;5,11H,3-4H2,1-2H3,(H,9,10);5H,3-4H2,1-2H3;1H2. The molecule has 1 aromatic carbocycles. The number of hydrogen-bond donors (Lipinski definition) is 3. The van der Waals surface area contributed by atoms with Gasteiger partial charge in [-0.2, -0.15) is 5.26 Å². The normalized spacial score (nSPS) is 13.1. The Morgan fingerprint density at radius 2 is 1.29 bits per heavy atom. The largest absolute Gasteiger partial charge is 0.479 e. The summed E-state index contributed by atoms with van der Waals surface area (Å²) in [5.74, 6) is -2.42. The molecule has 8 nitrogen and oxygen atoms in total. The number of Topliss-reactive ketones (excluding diaryl/α,β-unsaturated/α-hetero) is 1. The second-order valence-corrected chi connectivity index (χ2v) is 10.5. The second kappa shape index (κ2) is 23.6. The van der Waals surface area contributed by atoms with Crippen molar-refractivity contribution >= 4 is 17.7 Å². The molecule has 1 aromatic rings. The molecule has 0 radical (unpaired) electrons. The number of carboxylic acids is 1. The van der Waals surface area contributed by atoms with Crippen LogP contribution in [0.4, 0.5) is 17.6 Å². The first-order valence-corrected chi connectivity index (χ1v) is 13.0. The molecule has 0 spiro atoms. The quantitative estimate of drug-likeness (QED) is 0.205. The molecule has 0 aromatic heterocycles. The number of nitrogens with zero attached hydrogens (tertiary/aromatic N) is 1. The smallest absolute Gasteiger partial charge is 0.341 e. The van der Waals surface area contributed by atoms with Crippen LogP contribution in [-0.2, 0) is 25.7 Å². The summed E-state index contributed by atoms with van der Waals surface area (Å²) in [6.45, 7) is 6.86. The van der Waals surface area contributed by atoms with Gasteiger partial charge in [0.1, 0.15) is 26.6 Å². The fraction of sp³-hybridized carbons (Fsp3) is 0.655. The number of carbonyl (C=O) groups excluding carboxylic acids is 2. The molecule has 0 aliphatic carbocycles. The first-order valence-electron chi connectivity index (χ1n) is 13.0. The SMILES string of the molecule is CC(C)CC(=O)CF.CC(C)CC(O)(CF)C(=O)O.CC(C)CC(O)(CF)C(=O)OCc1ccccc1.N#CCF. The van der Waals surface area contributed by atoms with E-state index in [0.29, 0.717) is 12.3 Å². The fourth-order valence-electron chi connectivity index (χ4n) is 3.11. The number of aliphatic carboxylic acids is 1. The van der Waals surface area contributed by atoms with E-state index in [0.717, 1.165) is 5.56 Å². The first-order chi connectivity index (χ1) is 19.0. The second-order valence-electron chi connectivity index (χ2n) is 10.5. The van der Waals surface area contributed by atoms with Crippen molar-refractivity contribution in [2.24, 2.45) is 17.8 Å². The Labute approximate surface area is 240 Å². The molecular formula is C29H45F4NO7. The molecule has 0 bridgehead atoms. The van der Waals surface area contributed by atoms with Crippen molar-refractivity contribution < 1.29 is 52.0 Å². The molecule has 2 unspecified atom stereocenters. The predicted octanol–water partition coefficient (Wildman–Crippen LogP) is 5.34. The van der Waals surface area contributed by atoms with E-state index < -0.39 is 49.8 Å². The highest BCUT2D eigenvalue weighted by atomic mass is 19.1. The van der Waals surface area contributed by atoms with Crippen molar-refractivity contribution in [3.8, 4) is 6.07 Å². The number of benzene rings is 1. The topological polar surface area (TPSA) is 145 Å². The Bertz CT molecular complexity index is 895. The number of hydrogen-bond acceptors (Lipinski definition) is 7. The van der Waals surface area contributed by atoms with Gasteiger partial charge in [-0.15, -0.1) is 0 Å². The summed E-state index contributed by atoms with van der Waals surface area (Å²) in [6, 6.07) is 10.3. The van der Waals surface area contributed by atoms with Crippen LogP contribution in [0.2, 0.25) is 0 Å². The zero-order valence-electron chi connectivity index (χ0n) is 24.7. The molecule has 0 aliphatic rings. The number of esters is 1. The van der Waals surface area contributed by atoms with Crippen LogP contribution in [0.15, 0.2) is 30.3 Å². The van der Waals surface area contributed by atoms with Crippen molar-refractivity contribution in [2.45, 2.75) is 78.6 Å². The molecule has 41 heavy (non-hydrogen) atoms. The summed E-state index contributed by atoms with van der Waals surface area (Å²) in [7, 11) is 0. The maximum absolute atomic E-state index is 12.8. The van der Waals surface area contributed by atoms with Gasteiger partial charge < -0.3 is 20.1 Å². The van der Waals surface area contributed by atoms with Gasteiger partial charge in [0.2, 0.25) is 0 Å². The minimum Gasteiger partial charge on any atom is -0.479 e. The maximum atomic E-state index is 12.8. The third-order valence-electron chi connectivity index (χ3n) is 4.77. The van der Waals surface area contributed by atoms with Crippen LogP contribution in [0.25, 0.3) is 0 Å². The van der Waals surface area contributed by atoms with Crippen molar-refractivity contribution in [2.75, 3.05) is 26.7 Å². The van der Waals surface area contributed by atoms with E-state index in [-0.39, 0.29) is 37.1 Å². The number of ketones is 1. The Morgan fingerprint density at radius 3 is 1.56 bits per heavy atom. The van der Waals surface area contributed by atoms with Crippen LogP contribution in [0.3, 0.4) is 0 Å². The van der Waals surface area contributed by atoms with Crippen LogP contribution >= 0.6 is 0 Å². The number of halogens is 4. The van der Waals surface area contributed by atoms with Crippen molar-refractivity contribution in [1.29, 1.82) is 5.26 Å². The summed E-state index contributed by atoms with van der Waals surface area (Å²) < 4.78 is 51.6. The lowest BCUT2D eigenvalue weighted by Crippen LogP contribution is -2.43. The maximum Gasteiger partial charge on any atom is 0.341 e. The van der Waals surface area contributed by atoms with Crippen molar-refractivity contribution in [1.82, 2.24) is 0 Å². The van der Waals surface area contributed by atoms with Crippen molar-refractivity contribution in [3.05, 3.63) is 35.9 Å². The monoisotopic (exact) mass is 595 g/mol. The molecule has 236 valence electrons. The van der Waals surface area contributed by atoms with Gasteiger partial charge in [0, 0.05) is 6.42 Å². The van der Waals surface area contributed by atoms with E-state index in [4.69, 9.17) is 20.2 Å². The minimum atomic E-state index is -2.19. The molecule has 3 N–H and O–H groups in total. The molecule has 2 atom stereocenters. The minimum absolute atomic E-state index is 0.00928. The lowest BCUT2D eigenvalue weighted by Gasteiger charge is -2.24. The van der Waals surface area contributed by atoms with E-state index in [1.54, 1.807) is 26.0 Å². The number of rotatable bonds is 13. The Balaban J connectivity index is -0.000000535. The summed E-state index contributed by atoms with van der Waals surface area (Å²) in [5, 5.41) is 34.6. The molecular weight excluding hydrogens is 550 g/mol.